The molecule has 5 rings (SSSR count). The van der Waals surface area contributed by atoms with Crippen LogP contribution in [0, 0.1) is 58.2 Å². The molecule has 0 aromatic heterocycles. The summed E-state index contributed by atoms with van der Waals surface area (Å²) in [6, 6.07) is 0. The van der Waals surface area contributed by atoms with Crippen molar-refractivity contribution in [3.05, 3.63) is 11.6 Å². The molecule has 4 fully saturated rings. The Bertz CT molecular complexity index is 825. The monoisotopic (exact) mass is 540 g/mol. The average molecular weight is 540 g/mol. The number of rotatable bonds is 9. The van der Waals surface area contributed by atoms with E-state index in [1.807, 2.05) is 5.57 Å². The number of hydrogen-bond donors (Lipinski definition) is 1. The number of amides is 1. The van der Waals surface area contributed by atoms with Gasteiger partial charge in [-0.2, -0.15) is 0 Å². The number of fused-ring (bicyclic) bond motifs is 5. The van der Waals surface area contributed by atoms with E-state index in [0.717, 1.165) is 73.7 Å². The predicted octanol–water partition coefficient (Wildman–Crippen LogP) is 10.4. The predicted molar refractivity (Wildman–Crippen MR) is 167 cm³/mol. The Labute approximate surface area is 243 Å². The maximum atomic E-state index is 11.2. The Morgan fingerprint density at radius 2 is 1.74 bits per heavy atom. The maximum Gasteiger partial charge on any atom is 0.223 e. The Balaban J connectivity index is 0.000000270. The quantitative estimate of drug-likeness (QED) is 0.229. The Hall–Kier alpha value is -0.790. The fourth-order valence-corrected chi connectivity index (χ4v) is 10.1. The average Bonchev–Trinajstić information content (AvgIpc) is 3.21. The molecule has 0 aromatic rings. The number of carbonyl (C=O) groups is 1. The minimum atomic E-state index is 0.282. The smallest absolute Gasteiger partial charge is 0.223 e. The van der Waals surface area contributed by atoms with Crippen LogP contribution in [0.2, 0.25) is 0 Å². The van der Waals surface area contributed by atoms with Gasteiger partial charge in [0, 0.05) is 12.5 Å². The number of allylic oxidation sites excluding steroid dienone is 2. The minimum absolute atomic E-state index is 0.282. The van der Waals surface area contributed by atoms with Gasteiger partial charge in [-0.1, -0.05) is 92.2 Å². The van der Waals surface area contributed by atoms with Crippen molar-refractivity contribution in [2.45, 2.75) is 151 Å². The highest BCUT2D eigenvalue weighted by atomic mass is 16.1. The Kier molecular flexibility index (Phi) is 10.7. The Morgan fingerprint density at radius 1 is 0.974 bits per heavy atom. The summed E-state index contributed by atoms with van der Waals surface area (Å²) in [6.45, 7) is 18.3. The van der Waals surface area contributed by atoms with Crippen molar-refractivity contribution in [2.75, 3.05) is 6.54 Å². The van der Waals surface area contributed by atoms with Crippen molar-refractivity contribution in [2.24, 2.45) is 58.2 Å². The summed E-state index contributed by atoms with van der Waals surface area (Å²) in [5.41, 5.74) is 3.06. The molecule has 0 aliphatic heterocycles. The Morgan fingerprint density at radius 3 is 2.41 bits per heavy atom. The van der Waals surface area contributed by atoms with Gasteiger partial charge in [-0.05, 0) is 123 Å². The highest BCUT2D eigenvalue weighted by molar-refractivity contribution is 5.79. The summed E-state index contributed by atoms with van der Waals surface area (Å²) in [4.78, 5) is 11.2. The second-order valence-electron chi connectivity index (χ2n) is 15.9. The molecule has 0 aromatic carbocycles. The van der Waals surface area contributed by atoms with Gasteiger partial charge in [-0.25, -0.2) is 0 Å². The van der Waals surface area contributed by atoms with Gasteiger partial charge < -0.3 is 5.32 Å². The molecule has 5 aliphatic rings. The van der Waals surface area contributed by atoms with Crippen molar-refractivity contribution in [3.8, 4) is 0 Å². The summed E-state index contributed by atoms with van der Waals surface area (Å²) in [6.07, 6.45) is 24.7. The fourth-order valence-electron chi connectivity index (χ4n) is 10.1. The third kappa shape index (κ3) is 6.83. The number of unbranched alkanes of at least 4 members (excludes halogenated alkanes) is 1. The molecule has 0 bridgehead atoms. The zero-order chi connectivity index (χ0) is 28.2. The van der Waals surface area contributed by atoms with Gasteiger partial charge in [0.15, 0.2) is 0 Å². The van der Waals surface area contributed by atoms with Crippen LogP contribution in [-0.2, 0) is 4.79 Å². The van der Waals surface area contributed by atoms with E-state index in [2.05, 4.69) is 59.9 Å². The highest BCUT2D eigenvalue weighted by Crippen LogP contribution is 2.67. The topological polar surface area (TPSA) is 29.1 Å². The zero-order valence-electron chi connectivity index (χ0n) is 27.1. The largest absolute Gasteiger partial charge is 0.356 e. The molecule has 8 atom stereocenters. The van der Waals surface area contributed by atoms with E-state index in [1.165, 1.54) is 77.0 Å². The summed E-state index contributed by atoms with van der Waals surface area (Å²) in [5.74, 6) is 7.36. The molecule has 0 heterocycles. The van der Waals surface area contributed by atoms with Crippen LogP contribution in [0.25, 0.3) is 0 Å². The standard InChI is InChI=1S/C28H48.C9H17NO/c1-19(2)8-7-9-21(4)24-12-13-25-23-11-10-22-18-20(3)14-16-27(22,5)26(23)15-17-28(24,25)6;1-2-3-7-10-9(11)8-5-4-6-8/h10,19-21,23-26H,7-9,11-18H2,1-6H3;8H,2-7H2,1H3,(H,10,11). The van der Waals surface area contributed by atoms with Crippen LogP contribution in [-0.4, -0.2) is 12.5 Å². The molecule has 8 unspecified atom stereocenters. The van der Waals surface area contributed by atoms with Crippen LogP contribution in [0.3, 0.4) is 0 Å². The number of hydrogen-bond acceptors (Lipinski definition) is 1. The molecule has 5 aliphatic carbocycles. The maximum absolute atomic E-state index is 11.2. The van der Waals surface area contributed by atoms with E-state index in [9.17, 15) is 4.79 Å². The van der Waals surface area contributed by atoms with Crippen LogP contribution in [0.4, 0.5) is 0 Å². The van der Waals surface area contributed by atoms with Crippen LogP contribution in [0.15, 0.2) is 11.6 Å². The van der Waals surface area contributed by atoms with E-state index < -0.39 is 0 Å². The second kappa shape index (κ2) is 13.5. The number of carbonyl (C=O) groups excluding carboxylic acids is 1. The zero-order valence-corrected chi connectivity index (χ0v) is 27.1. The van der Waals surface area contributed by atoms with E-state index in [1.54, 1.807) is 0 Å². The van der Waals surface area contributed by atoms with E-state index in [0.29, 0.717) is 16.7 Å². The van der Waals surface area contributed by atoms with Crippen molar-refractivity contribution >= 4 is 5.91 Å². The first-order chi connectivity index (χ1) is 18.6. The van der Waals surface area contributed by atoms with E-state index in [4.69, 9.17) is 0 Å². The molecule has 2 heteroatoms. The molecular weight excluding hydrogens is 474 g/mol. The fraction of sp³-hybridized carbons (Fsp3) is 0.919. The van der Waals surface area contributed by atoms with Crippen molar-refractivity contribution in [3.63, 3.8) is 0 Å². The normalized spacial score (nSPS) is 38.4. The third-order valence-corrected chi connectivity index (χ3v) is 12.9. The molecule has 1 N–H and O–H groups in total. The molecule has 1 amide bonds. The molecule has 0 saturated heterocycles. The first-order valence-electron chi connectivity index (χ1n) is 17.6. The lowest BCUT2D eigenvalue weighted by molar-refractivity contribution is -0.127. The van der Waals surface area contributed by atoms with Gasteiger partial charge >= 0.3 is 0 Å². The molecular formula is C37H65NO. The summed E-state index contributed by atoms with van der Waals surface area (Å²) in [5, 5.41) is 2.95. The van der Waals surface area contributed by atoms with Gasteiger partial charge in [-0.15, -0.1) is 0 Å². The molecule has 0 spiro atoms. The summed E-state index contributed by atoms with van der Waals surface area (Å²) in [7, 11) is 0. The van der Waals surface area contributed by atoms with Gasteiger partial charge in [0.2, 0.25) is 5.91 Å². The third-order valence-electron chi connectivity index (χ3n) is 12.9. The molecule has 2 nitrogen and oxygen atoms in total. The van der Waals surface area contributed by atoms with Crippen LogP contribution in [0.1, 0.15) is 151 Å². The molecule has 0 radical (unpaired) electrons. The summed E-state index contributed by atoms with van der Waals surface area (Å²) < 4.78 is 0. The number of nitrogens with one attached hydrogen (secondary N) is 1. The van der Waals surface area contributed by atoms with Crippen LogP contribution in [0.5, 0.6) is 0 Å². The minimum Gasteiger partial charge on any atom is -0.356 e. The lowest BCUT2D eigenvalue weighted by atomic mass is 9.46. The molecule has 39 heavy (non-hydrogen) atoms. The SMILES string of the molecule is CC(C)CCCC(C)C1CCC2C3CC=C4CC(C)CCC4(C)C3CCC12C.CCCCNC(=O)C1CCC1. The summed E-state index contributed by atoms with van der Waals surface area (Å²) >= 11 is 0. The van der Waals surface area contributed by atoms with E-state index >= 15 is 0 Å². The van der Waals surface area contributed by atoms with Gasteiger partial charge in [0.05, 0.1) is 0 Å². The lowest BCUT2D eigenvalue weighted by Crippen LogP contribution is -2.50. The van der Waals surface area contributed by atoms with Gasteiger partial charge in [-0.3, -0.25) is 4.79 Å². The van der Waals surface area contributed by atoms with Crippen LogP contribution < -0.4 is 5.32 Å². The first kappa shape index (κ1) is 31.2. The second-order valence-corrected chi connectivity index (χ2v) is 15.9. The van der Waals surface area contributed by atoms with Crippen molar-refractivity contribution < 1.29 is 4.79 Å². The molecule has 4 saturated carbocycles. The van der Waals surface area contributed by atoms with Gasteiger partial charge in [0.1, 0.15) is 0 Å². The van der Waals surface area contributed by atoms with Crippen LogP contribution >= 0.6 is 0 Å². The lowest BCUT2D eigenvalue weighted by Gasteiger charge is -2.58. The highest BCUT2D eigenvalue weighted by Gasteiger charge is 2.58. The van der Waals surface area contributed by atoms with Crippen molar-refractivity contribution in [1.29, 1.82) is 0 Å². The van der Waals surface area contributed by atoms with Gasteiger partial charge in [0.25, 0.3) is 0 Å². The first-order valence-corrected chi connectivity index (χ1v) is 17.6. The molecule has 224 valence electrons. The van der Waals surface area contributed by atoms with Crippen molar-refractivity contribution in [1.82, 2.24) is 5.32 Å². The van der Waals surface area contributed by atoms with E-state index in [-0.39, 0.29) is 5.91 Å².